The van der Waals surface area contributed by atoms with Crippen LogP contribution in [0.1, 0.15) is 77.1 Å². The molecule has 5 N–H and O–H groups in total. The van der Waals surface area contributed by atoms with E-state index in [4.69, 9.17) is 15.2 Å². The molecule has 2 aliphatic rings. The summed E-state index contributed by atoms with van der Waals surface area (Å²) in [5.74, 6) is 1.09. The van der Waals surface area contributed by atoms with Gasteiger partial charge >= 0.3 is 12.2 Å². The van der Waals surface area contributed by atoms with E-state index in [0.29, 0.717) is 36.3 Å². The number of rotatable bonds is 11. The Labute approximate surface area is 307 Å². The predicted octanol–water partition coefficient (Wildman–Crippen LogP) is 4.75. The maximum Gasteiger partial charge on any atom is 0.407 e. The number of aromatic amines is 2. The van der Waals surface area contributed by atoms with Crippen LogP contribution in [0.4, 0.5) is 9.59 Å². The van der Waals surface area contributed by atoms with E-state index in [1.807, 2.05) is 52.0 Å². The van der Waals surface area contributed by atoms with Crippen LogP contribution in [-0.4, -0.2) is 96.0 Å². The Balaban J connectivity index is 1.11. The first-order valence-electron chi connectivity index (χ1n) is 17.9. The summed E-state index contributed by atoms with van der Waals surface area (Å²) in [6.45, 7) is 8.50. The van der Waals surface area contributed by atoms with Crippen molar-refractivity contribution in [2.75, 3.05) is 20.2 Å². The maximum atomic E-state index is 13.5. The Kier molecular flexibility index (Phi) is 11.0. The minimum Gasteiger partial charge on any atom is -0.453 e. The summed E-state index contributed by atoms with van der Waals surface area (Å²) in [5, 5.41) is 2.68. The summed E-state index contributed by atoms with van der Waals surface area (Å²) in [4.78, 5) is 78.8. The zero-order valence-electron chi connectivity index (χ0n) is 30.5. The Morgan fingerprint density at radius 2 is 1.28 bits per heavy atom. The molecule has 16 nitrogen and oxygen atoms in total. The van der Waals surface area contributed by atoms with Crippen LogP contribution in [0.5, 0.6) is 0 Å². The molecule has 53 heavy (non-hydrogen) atoms. The summed E-state index contributed by atoms with van der Waals surface area (Å²) in [7, 11) is 1.28. The number of carbonyl (C=O) groups excluding carboxylic acids is 4. The molecule has 2 saturated heterocycles. The highest BCUT2D eigenvalue weighted by Gasteiger charge is 2.39. The van der Waals surface area contributed by atoms with Crippen LogP contribution in [0.2, 0.25) is 0 Å². The lowest BCUT2D eigenvalue weighted by molar-refractivity contribution is -0.143. The number of methoxy groups -OCH3 is 1. The second-order valence-electron chi connectivity index (χ2n) is 14.1. The van der Waals surface area contributed by atoms with Crippen LogP contribution in [0.3, 0.4) is 0 Å². The summed E-state index contributed by atoms with van der Waals surface area (Å²) < 4.78 is 9.89. The van der Waals surface area contributed by atoms with Gasteiger partial charge in [0.05, 0.1) is 43.0 Å². The molecule has 0 bridgehead atoms. The van der Waals surface area contributed by atoms with E-state index in [9.17, 15) is 19.2 Å². The first kappa shape index (κ1) is 37.0. The zero-order valence-corrected chi connectivity index (χ0v) is 30.5. The first-order chi connectivity index (χ1) is 25.4. The smallest absolute Gasteiger partial charge is 0.407 e. The van der Waals surface area contributed by atoms with Gasteiger partial charge in [-0.2, -0.15) is 0 Å². The number of ether oxygens (including phenoxy) is 2. The molecule has 2 unspecified atom stereocenters. The SMILES string of the molecule is COC(=O)NC(C(=O)N1CCC[C@H]1c1ncc(-c2ccc(-c3ncc(-c4cnc([C@@H]5CCCN5C(=O)C(OC(N)=O)C(C)C)[nH]4)cn3)cc2)[nH]1)C(C)C. The van der Waals surface area contributed by atoms with Crippen LogP contribution in [0.15, 0.2) is 49.1 Å². The fourth-order valence-electron chi connectivity index (χ4n) is 6.99. The van der Waals surface area contributed by atoms with E-state index in [1.54, 1.807) is 34.6 Å². The Morgan fingerprint density at radius 1 is 0.755 bits per heavy atom. The Hall–Kier alpha value is -5.80. The molecule has 3 aromatic heterocycles. The molecule has 5 heterocycles. The Morgan fingerprint density at radius 3 is 1.79 bits per heavy atom. The molecular formula is C37H46N10O6. The van der Waals surface area contributed by atoms with Gasteiger partial charge in [-0.3, -0.25) is 9.59 Å². The van der Waals surface area contributed by atoms with Crippen molar-refractivity contribution in [3.63, 3.8) is 0 Å². The van der Waals surface area contributed by atoms with Gasteiger partial charge in [0, 0.05) is 36.6 Å². The average molecular weight is 727 g/mol. The van der Waals surface area contributed by atoms with Gasteiger partial charge in [-0.05, 0) is 43.1 Å². The second kappa shape index (κ2) is 15.8. The number of nitrogens with two attached hydrogens (primary N) is 1. The summed E-state index contributed by atoms with van der Waals surface area (Å²) >= 11 is 0. The van der Waals surface area contributed by atoms with Gasteiger partial charge < -0.3 is 40.3 Å². The van der Waals surface area contributed by atoms with Crippen molar-refractivity contribution in [2.45, 2.75) is 77.6 Å². The molecule has 4 aromatic rings. The number of primary amides is 1. The fourth-order valence-corrected chi connectivity index (χ4v) is 6.99. The van der Waals surface area contributed by atoms with Crippen LogP contribution < -0.4 is 11.1 Å². The van der Waals surface area contributed by atoms with Gasteiger partial charge in [-0.15, -0.1) is 0 Å². The number of aromatic nitrogens is 6. The van der Waals surface area contributed by atoms with E-state index in [1.165, 1.54) is 7.11 Å². The highest BCUT2D eigenvalue weighted by Crippen LogP contribution is 2.35. The molecule has 16 heteroatoms. The van der Waals surface area contributed by atoms with E-state index >= 15 is 0 Å². The Bertz CT molecular complexity index is 1920. The summed E-state index contributed by atoms with van der Waals surface area (Å²) in [6.07, 6.45) is 7.45. The van der Waals surface area contributed by atoms with Gasteiger partial charge in [-0.1, -0.05) is 52.0 Å². The summed E-state index contributed by atoms with van der Waals surface area (Å²) in [5.41, 5.74) is 9.24. The second-order valence-corrected chi connectivity index (χ2v) is 14.1. The number of alkyl carbamates (subject to hydrolysis) is 1. The third kappa shape index (κ3) is 8.00. The molecule has 280 valence electrons. The maximum absolute atomic E-state index is 13.5. The van der Waals surface area contributed by atoms with Crippen molar-refractivity contribution in [3.8, 4) is 33.9 Å². The largest absolute Gasteiger partial charge is 0.453 e. The van der Waals surface area contributed by atoms with Crippen molar-refractivity contribution in [2.24, 2.45) is 17.6 Å². The lowest BCUT2D eigenvalue weighted by atomic mass is 10.0. The highest BCUT2D eigenvalue weighted by atomic mass is 16.6. The standard InChI is InChI=1S/C37H46N10O6/c1-20(2)29(45-37(51)52-5)34(48)46-14-6-8-27(46)32-41-18-25(43-32)22-10-12-23(13-11-22)31-39-16-24(17-40-31)26-19-42-33(44-26)28-9-7-15-47(28)35(49)30(21(3)4)53-36(38)50/h10-13,16-21,27-30H,6-9,14-15H2,1-5H3,(H2,38,50)(H,41,43)(H,42,44)(H,45,51)/t27-,28-,29?,30?/m0/s1. The van der Waals surface area contributed by atoms with Gasteiger partial charge in [-0.25, -0.2) is 29.5 Å². The van der Waals surface area contributed by atoms with Crippen molar-refractivity contribution in [1.82, 2.24) is 45.0 Å². The van der Waals surface area contributed by atoms with Gasteiger partial charge in [0.15, 0.2) is 11.9 Å². The number of carbonyl (C=O) groups is 4. The number of hydrogen-bond donors (Lipinski definition) is 4. The van der Waals surface area contributed by atoms with Crippen molar-refractivity contribution in [3.05, 3.63) is 60.7 Å². The van der Waals surface area contributed by atoms with Crippen LogP contribution in [-0.2, 0) is 19.1 Å². The number of nitrogens with zero attached hydrogens (tertiary/aromatic N) is 6. The van der Waals surface area contributed by atoms with Crippen molar-refractivity contribution < 1.29 is 28.7 Å². The molecule has 0 aliphatic carbocycles. The first-order valence-corrected chi connectivity index (χ1v) is 17.9. The quantitative estimate of drug-likeness (QED) is 0.166. The lowest BCUT2D eigenvalue weighted by Gasteiger charge is -2.30. The van der Waals surface area contributed by atoms with E-state index in [-0.39, 0.29) is 35.7 Å². The monoisotopic (exact) mass is 726 g/mol. The van der Waals surface area contributed by atoms with Crippen molar-refractivity contribution in [1.29, 1.82) is 0 Å². The van der Waals surface area contributed by atoms with Gasteiger partial charge in [0.1, 0.15) is 17.7 Å². The number of benzene rings is 1. The van der Waals surface area contributed by atoms with Gasteiger partial charge in [0.25, 0.3) is 5.91 Å². The van der Waals surface area contributed by atoms with E-state index < -0.39 is 24.3 Å². The predicted molar refractivity (Wildman–Crippen MR) is 193 cm³/mol. The normalized spacial score (nSPS) is 18.3. The van der Waals surface area contributed by atoms with Crippen molar-refractivity contribution >= 4 is 24.0 Å². The highest BCUT2D eigenvalue weighted by molar-refractivity contribution is 5.86. The topological polar surface area (TPSA) is 214 Å². The number of imidazole rings is 2. The van der Waals surface area contributed by atoms with Gasteiger partial charge in [0.2, 0.25) is 5.91 Å². The molecule has 2 aliphatic heterocycles. The summed E-state index contributed by atoms with van der Waals surface area (Å²) in [6, 6.07) is 6.59. The number of H-pyrrole nitrogens is 2. The van der Waals surface area contributed by atoms with E-state index in [2.05, 4.69) is 35.2 Å². The third-order valence-electron chi connectivity index (χ3n) is 9.79. The molecule has 2 fully saturated rings. The van der Waals surface area contributed by atoms with Crippen LogP contribution >= 0.6 is 0 Å². The molecule has 4 amide bonds. The molecule has 6 rings (SSSR count). The van der Waals surface area contributed by atoms with Crippen LogP contribution in [0.25, 0.3) is 33.9 Å². The fraction of sp³-hybridized carbons (Fsp3) is 0.459. The molecule has 0 spiro atoms. The average Bonchev–Trinajstić information content (AvgIpc) is 3.98. The van der Waals surface area contributed by atoms with E-state index in [0.717, 1.165) is 48.1 Å². The number of amides is 4. The molecular weight excluding hydrogens is 680 g/mol. The number of likely N-dealkylation sites (tertiary alicyclic amines) is 2. The molecule has 0 radical (unpaired) electrons. The third-order valence-corrected chi connectivity index (χ3v) is 9.79. The van der Waals surface area contributed by atoms with Crippen LogP contribution in [0, 0.1) is 11.8 Å². The minimum atomic E-state index is -0.977. The number of hydrogen-bond acceptors (Lipinski definition) is 10. The zero-order chi connectivity index (χ0) is 37.8. The number of nitrogens with one attached hydrogen (secondary N) is 3. The molecule has 4 atom stereocenters. The molecule has 0 saturated carbocycles. The minimum absolute atomic E-state index is 0.116. The molecule has 1 aromatic carbocycles. The lowest BCUT2D eigenvalue weighted by Crippen LogP contribution is -2.51.